The number of benzene rings is 1. The zero-order valence-corrected chi connectivity index (χ0v) is 9.51. The van der Waals surface area contributed by atoms with Gasteiger partial charge in [-0.15, -0.1) is 0 Å². The second-order valence-electron chi connectivity index (χ2n) is 2.97. The lowest BCUT2D eigenvalue weighted by molar-refractivity contribution is 0.283. The van der Waals surface area contributed by atoms with E-state index in [1.165, 1.54) is 0 Å². The molecule has 0 spiro atoms. The Morgan fingerprint density at radius 3 is 2.40 bits per heavy atom. The van der Waals surface area contributed by atoms with E-state index in [1.807, 2.05) is 19.1 Å². The van der Waals surface area contributed by atoms with Crippen LogP contribution in [0.4, 0.5) is 0 Å². The lowest BCUT2D eigenvalue weighted by Gasteiger charge is -2.07. The lowest BCUT2D eigenvalue weighted by atomic mass is 10.1. The zero-order chi connectivity index (χ0) is 11.3. The molecule has 0 aromatic heterocycles. The molecule has 0 N–H and O–H groups in total. The van der Waals surface area contributed by atoms with Crippen molar-refractivity contribution in [2.45, 2.75) is 13.3 Å². The minimum Gasteiger partial charge on any atom is -0.500 e. The first-order valence-corrected chi connectivity index (χ1v) is 5.03. The van der Waals surface area contributed by atoms with Crippen LogP contribution in [0, 0.1) is 11.3 Å². The highest BCUT2D eigenvalue weighted by Gasteiger charge is 2.07. The molecule has 1 aromatic carbocycles. The van der Waals surface area contributed by atoms with Gasteiger partial charge in [-0.3, -0.25) is 0 Å². The summed E-state index contributed by atoms with van der Waals surface area (Å²) in [6.07, 6.45) is 0.696. The van der Waals surface area contributed by atoms with E-state index in [9.17, 15) is 0 Å². The van der Waals surface area contributed by atoms with E-state index in [4.69, 9.17) is 21.6 Å². The highest BCUT2D eigenvalue weighted by atomic mass is 35.5. The van der Waals surface area contributed by atoms with Crippen LogP contribution < -0.4 is 0 Å². The van der Waals surface area contributed by atoms with Gasteiger partial charge in [-0.25, -0.2) is 0 Å². The van der Waals surface area contributed by atoms with E-state index in [0.717, 1.165) is 5.56 Å². The Hall–Kier alpha value is -1.46. The molecule has 0 aliphatic heterocycles. The number of rotatable bonds is 3. The summed E-state index contributed by atoms with van der Waals surface area (Å²) in [7, 11) is 1.58. The fourth-order valence-corrected chi connectivity index (χ4v) is 1.45. The number of hydrogen-bond donors (Lipinski definition) is 0. The summed E-state index contributed by atoms with van der Waals surface area (Å²) in [5.41, 5.74) is 1.40. The second-order valence-corrected chi connectivity index (χ2v) is 3.41. The normalized spacial score (nSPS) is 11.6. The van der Waals surface area contributed by atoms with Crippen LogP contribution in [0.2, 0.25) is 5.02 Å². The first-order valence-electron chi connectivity index (χ1n) is 4.66. The van der Waals surface area contributed by atoms with Crippen LogP contribution in [0.3, 0.4) is 0 Å². The molecule has 0 aliphatic carbocycles. The molecule has 78 valence electrons. The van der Waals surface area contributed by atoms with Gasteiger partial charge in [-0.05, 0) is 17.7 Å². The molecule has 0 fully saturated rings. The fraction of sp³-hybridized carbons (Fsp3) is 0.250. The van der Waals surface area contributed by atoms with Gasteiger partial charge >= 0.3 is 0 Å². The predicted octanol–water partition coefficient (Wildman–Crippen LogP) is 3.63. The molecular formula is C12H12ClNO. The second kappa shape index (κ2) is 5.43. The smallest absolute Gasteiger partial charge is 0.114 e. The van der Waals surface area contributed by atoms with Crippen LogP contribution >= 0.6 is 11.6 Å². The molecule has 2 nitrogen and oxygen atoms in total. The van der Waals surface area contributed by atoms with Gasteiger partial charge in [-0.2, -0.15) is 5.26 Å². The van der Waals surface area contributed by atoms with Crippen molar-refractivity contribution in [1.82, 2.24) is 0 Å². The largest absolute Gasteiger partial charge is 0.500 e. The van der Waals surface area contributed by atoms with Crippen LogP contribution in [-0.4, -0.2) is 7.11 Å². The number of hydrogen-bond acceptors (Lipinski definition) is 2. The number of nitrogens with zero attached hydrogens (tertiary/aromatic N) is 1. The van der Waals surface area contributed by atoms with Crippen LogP contribution in [0.25, 0.3) is 5.57 Å². The Bertz CT molecular complexity index is 395. The third-order valence-electron chi connectivity index (χ3n) is 2.09. The quantitative estimate of drug-likeness (QED) is 0.577. The molecule has 0 bridgehead atoms. The number of nitriles is 1. The average molecular weight is 222 g/mol. The van der Waals surface area contributed by atoms with Crippen LogP contribution in [0.1, 0.15) is 18.9 Å². The summed E-state index contributed by atoms with van der Waals surface area (Å²) < 4.78 is 5.16. The number of allylic oxidation sites excluding steroid dienone is 2. The standard InChI is InChI=1S/C12H12ClNO/c1-3-12(15-2)11(8-14)9-4-6-10(13)7-5-9/h4-7H,3H2,1-2H3/b12-11-. The van der Waals surface area contributed by atoms with Crippen molar-refractivity contribution >= 4 is 17.2 Å². The highest BCUT2D eigenvalue weighted by molar-refractivity contribution is 6.30. The number of ether oxygens (including phenoxy) is 1. The molecule has 15 heavy (non-hydrogen) atoms. The lowest BCUT2D eigenvalue weighted by Crippen LogP contribution is -1.91. The molecule has 3 heteroatoms. The molecule has 0 radical (unpaired) electrons. The molecule has 1 aromatic rings. The summed E-state index contributed by atoms with van der Waals surface area (Å²) in [4.78, 5) is 0. The molecule has 1 rings (SSSR count). The number of halogens is 1. The topological polar surface area (TPSA) is 33.0 Å². The Kier molecular flexibility index (Phi) is 4.20. The van der Waals surface area contributed by atoms with E-state index in [-0.39, 0.29) is 0 Å². The average Bonchev–Trinajstić information content (AvgIpc) is 2.27. The molecule has 0 atom stereocenters. The Morgan fingerprint density at radius 1 is 1.40 bits per heavy atom. The van der Waals surface area contributed by atoms with Crippen molar-refractivity contribution in [3.8, 4) is 6.07 Å². The zero-order valence-electron chi connectivity index (χ0n) is 8.75. The SMILES string of the molecule is CC/C(OC)=C(\C#N)c1ccc(Cl)cc1. The summed E-state index contributed by atoms with van der Waals surface area (Å²) in [6, 6.07) is 9.30. The van der Waals surface area contributed by atoms with E-state index in [0.29, 0.717) is 22.8 Å². The molecule has 0 aliphatic rings. The van der Waals surface area contributed by atoms with Crippen LogP contribution in [-0.2, 0) is 4.74 Å². The molecule has 0 saturated heterocycles. The third kappa shape index (κ3) is 2.74. The van der Waals surface area contributed by atoms with Crippen molar-refractivity contribution < 1.29 is 4.74 Å². The van der Waals surface area contributed by atoms with Crippen molar-refractivity contribution in [1.29, 1.82) is 5.26 Å². The van der Waals surface area contributed by atoms with Gasteiger partial charge in [0.15, 0.2) is 0 Å². The van der Waals surface area contributed by atoms with E-state index >= 15 is 0 Å². The van der Waals surface area contributed by atoms with Gasteiger partial charge in [0.2, 0.25) is 0 Å². The van der Waals surface area contributed by atoms with Gasteiger partial charge in [-0.1, -0.05) is 30.7 Å². The monoisotopic (exact) mass is 221 g/mol. The molecular weight excluding hydrogens is 210 g/mol. The highest BCUT2D eigenvalue weighted by Crippen LogP contribution is 2.22. The summed E-state index contributed by atoms with van der Waals surface area (Å²) in [5.74, 6) is 0.694. The van der Waals surface area contributed by atoms with Gasteiger partial charge in [0.05, 0.1) is 12.7 Å². The van der Waals surface area contributed by atoms with Gasteiger partial charge in [0, 0.05) is 11.4 Å². The van der Waals surface area contributed by atoms with Crippen LogP contribution in [0.15, 0.2) is 30.0 Å². The minimum absolute atomic E-state index is 0.566. The van der Waals surface area contributed by atoms with Crippen LogP contribution in [0.5, 0.6) is 0 Å². The van der Waals surface area contributed by atoms with Crippen molar-refractivity contribution in [3.05, 3.63) is 40.6 Å². The van der Waals surface area contributed by atoms with E-state index in [2.05, 4.69) is 6.07 Å². The summed E-state index contributed by atoms with van der Waals surface area (Å²) in [5, 5.41) is 9.72. The van der Waals surface area contributed by atoms with E-state index in [1.54, 1.807) is 19.2 Å². The Labute approximate surface area is 94.7 Å². The van der Waals surface area contributed by atoms with Crippen molar-refractivity contribution in [3.63, 3.8) is 0 Å². The Morgan fingerprint density at radius 2 is 2.00 bits per heavy atom. The van der Waals surface area contributed by atoms with Gasteiger partial charge < -0.3 is 4.74 Å². The summed E-state index contributed by atoms with van der Waals surface area (Å²) >= 11 is 5.78. The van der Waals surface area contributed by atoms with Gasteiger partial charge in [0.25, 0.3) is 0 Å². The molecule has 0 saturated carbocycles. The van der Waals surface area contributed by atoms with Crippen molar-refractivity contribution in [2.24, 2.45) is 0 Å². The first-order chi connectivity index (χ1) is 7.22. The maximum absolute atomic E-state index is 9.06. The van der Waals surface area contributed by atoms with Crippen molar-refractivity contribution in [2.75, 3.05) is 7.11 Å². The maximum atomic E-state index is 9.06. The van der Waals surface area contributed by atoms with E-state index < -0.39 is 0 Å². The summed E-state index contributed by atoms with van der Waals surface area (Å²) in [6.45, 7) is 1.95. The predicted molar refractivity (Wildman–Crippen MR) is 61.3 cm³/mol. The fourth-order valence-electron chi connectivity index (χ4n) is 1.33. The molecule has 0 amide bonds. The Balaban J connectivity index is 3.19. The molecule has 0 unspecified atom stereocenters. The first kappa shape index (κ1) is 11.6. The number of methoxy groups -OCH3 is 1. The third-order valence-corrected chi connectivity index (χ3v) is 2.34. The molecule has 0 heterocycles. The minimum atomic E-state index is 0.566. The van der Waals surface area contributed by atoms with Gasteiger partial charge in [0.1, 0.15) is 11.8 Å². The maximum Gasteiger partial charge on any atom is 0.114 e.